The van der Waals surface area contributed by atoms with Crippen molar-refractivity contribution in [2.24, 2.45) is 5.92 Å². The Hall–Kier alpha value is -2.25. The van der Waals surface area contributed by atoms with E-state index in [4.69, 9.17) is 4.74 Å². The second kappa shape index (κ2) is 8.12. The van der Waals surface area contributed by atoms with Crippen molar-refractivity contribution >= 4 is 5.82 Å². The van der Waals surface area contributed by atoms with Gasteiger partial charge in [-0.05, 0) is 49.9 Å². The highest BCUT2D eigenvalue weighted by atomic mass is 19.1. The summed E-state index contributed by atoms with van der Waals surface area (Å²) in [5.41, 5.74) is 2.09. The number of aromatic nitrogens is 2. The molecule has 0 amide bonds. The average Bonchev–Trinajstić information content (AvgIpc) is 3.18. The molecule has 6 nitrogen and oxygen atoms in total. The molecule has 30 heavy (non-hydrogen) atoms. The zero-order valence-electron chi connectivity index (χ0n) is 17.5. The van der Waals surface area contributed by atoms with Crippen LogP contribution in [-0.4, -0.2) is 53.8 Å². The lowest BCUT2D eigenvalue weighted by atomic mass is 9.83. The molecule has 2 aromatic heterocycles. The van der Waals surface area contributed by atoms with Gasteiger partial charge in [-0.25, -0.2) is 9.37 Å². The van der Waals surface area contributed by atoms with Gasteiger partial charge in [-0.3, -0.25) is 9.69 Å². The number of halogens is 1. The van der Waals surface area contributed by atoms with Crippen molar-refractivity contribution in [3.8, 4) is 0 Å². The summed E-state index contributed by atoms with van der Waals surface area (Å²) in [6.07, 6.45) is 4.98. The molecule has 2 aromatic rings. The van der Waals surface area contributed by atoms with Gasteiger partial charge in [0.15, 0.2) is 11.6 Å². The minimum atomic E-state index is -0.276. The SMILES string of the molecule is COC[C@@H]1CCCN1Cc1ccc2n(c1=O)C[C@H]1C[C@@H]2CN(c2ncccc2F)C1. The van der Waals surface area contributed by atoms with Crippen LogP contribution in [0.4, 0.5) is 10.2 Å². The Morgan fingerprint density at radius 2 is 2.13 bits per heavy atom. The van der Waals surface area contributed by atoms with Crippen LogP contribution in [-0.2, 0) is 17.8 Å². The Labute approximate surface area is 176 Å². The van der Waals surface area contributed by atoms with Crippen LogP contribution in [0.15, 0.2) is 35.3 Å². The zero-order valence-corrected chi connectivity index (χ0v) is 17.5. The molecule has 3 aliphatic heterocycles. The first kappa shape index (κ1) is 19.7. The van der Waals surface area contributed by atoms with Crippen molar-refractivity contribution in [3.63, 3.8) is 0 Å². The molecule has 0 radical (unpaired) electrons. The molecule has 0 N–H and O–H groups in total. The number of rotatable bonds is 5. The van der Waals surface area contributed by atoms with E-state index < -0.39 is 0 Å². The maximum Gasteiger partial charge on any atom is 0.255 e. The Morgan fingerprint density at radius 1 is 1.23 bits per heavy atom. The van der Waals surface area contributed by atoms with E-state index in [2.05, 4.69) is 20.9 Å². The number of methoxy groups -OCH3 is 1. The maximum atomic E-state index is 14.3. The lowest BCUT2D eigenvalue weighted by Crippen LogP contribution is -2.48. The third kappa shape index (κ3) is 3.54. The van der Waals surface area contributed by atoms with E-state index in [0.29, 0.717) is 37.4 Å². The molecule has 0 saturated carbocycles. The van der Waals surface area contributed by atoms with Crippen LogP contribution in [0.2, 0.25) is 0 Å². The maximum absolute atomic E-state index is 14.3. The Kier molecular flexibility index (Phi) is 5.33. The number of ether oxygens (including phenoxy) is 1. The molecule has 2 fully saturated rings. The summed E-state index contributed by atoms with van der Waals surface area (Å²) in [5, 5.41) is 0. The first-order valence-electron chi connectivity index (χ1n) is 10.9. The molecule has 5 heterocycles. The van der Waals surface area contributed by atoms with E-state index in [1.54, 1.807) is 19.4 Å². The fourth-order valence-electron chi connectivity index (χ4n) is 5.60. The number of fused-ring (bicyclic) bond motifs is 4. The molecular formula is C23H29FN4O2. The Bertz CT molecular complexity index is 978. The molecule has 0 spiro atoms. The molecule has 0 aliphatic carbocycles. The summed E-state index contributed by atoms with van der Waals surface area (Å²) >= 11 is 0. The third-order valence-electron chi connectivity index (χ3n) is 6.95. The van der Waals surface area contributed by atoms with Gasteiger partial charge in [0.2, 0.25) is 0 Å². The third-order valence-corrected chi connectivity index (χ3v) is 6.95. The number of nitrogens with zero attached hydrogens (tertiary/aromatic N) is 4. The Balaban J connectivity index is 1.39. The van der Waals surface area contributed by atoms with Gasteiger partial charge in [0, 0.05) is 62.7 Å². The zero-order chi connectivity index (χ0) is 20.7. The number of hydrogen-bond acceptors (Lipinski definition) is 5. The normalized spacial score (nSPS) is 26.1. The Morgan fingerprint density at radius 3 is 2.97 bits per heavy atom. The molecular weight excluding hydrogens is 383 g/mol. The smallest absolute Gasteiger partial charge is 0.255 e. The summed E-state index contributed by atoms with van der Waals surface area (Å²) < 4.78 is 21.6. The summed E-state index contributed by atoms with van der Waals surface area (Å²) in [7, 11) is 1.74. The van der Waals surface area contributed by atoms with E-state index >= 15 is 0 Å². The molecule has 0 unspecified atom stereocenters. The number of hydrogen-bond donors (Lipinski definition) is 0. The summed E-state index contributed by atoms with van der Waals surface area (Å²) in [5.74, 6) is 0.714. The van der Waals surface area contributed by atoms with Crippen molar-refractivity contribution in [2.75, 3.05) is 38.3 Å². The molecule has 0 aromatic carbocycles. The molecule has 7 heteroatoms. The van der Waals surface area contributed by atoms with Gasteiger partial charge < -0.3 is 14.2 Å². The second-order valence-corrected chi connectivity index (χ2v) is 8.93. The van der Waals surface area contributed by atoms with Crippen molar-refractivity contribution in [3.05, 3.63) is 57.9 Å². The minimum absolute atomic E-state index is 0.141. The van der Waals surface area contributed by atoms with Gasteiger partial charge in [-0.2, -0.15) is 0 Å². The molecule has 2 bridgehead atoms. The minimum Gasteiger partial charge on any atom is -0.383 e. The van der Waals surface area contributed by atoms with E-state index in [0.717, 1.165) is 50.2 Å². The summed E-state index contributed by atoms with van der Waals surface area (Å²) in [4.78, 5) is 22.0. The average molecular weight is 413 g/mol. The van der Waals surface area contributed by atoms with Crippen LogP contribution >= 0.6 is 0 Å². The van der Waals surface area contributed by atoms with Crippen LogP contribution < -0.4 is 10.5 Å². The molecule has 5 rings (SSSR count). The van der Waals surface area contributed by atoms with Gasteiger partial charge >= 0.3 is 0 Å². The quantitative estimate of drug-likeness (QED) is 0.756. The van der Waals surface area contributed by atoms with Crippen molar-refractivity contribution in [1.82, 2.24) is 14.5 Å². The first-order valence-corrected chi connectivity index (χ1v) is 10.9. The van der Waals surface area contributed by atoms with Crippen LogP contribution in [0, 0.1) is 11.7 Å². The topological polar surface area (TPSA) is 50.6 Å². The highest BCUT2D eigenvalue weighted by molar-refractivity contribution is 5.42. The fraction of sp³-hybridized carbons (Fsp3) is 0.565. The highest BCUT2D eigenvalue weighted by Gasteiger charge is 2.36. The summed E-state index contributed by atoms with van der Waals surface area (Å²) in [6, 6.07) is 7.62. The molecule has 2 saturated heterocycles. The predicted octanol–water partition coefficient (Wildman–Crippen LogP) is 2.62. The molecule has 160 valence electrons. The lowest BCUT2D eigenvalue weighted by molar-refractivity contribution is 0.111. The standard InChI is InChI=1S/C23H29FN4O2/c1-30-15-19-4-3-9-26(19)13-17-6-7-21-18-10-16(12-28(21)23(17)29)11-27(14-18)22-20(24)5-2-8-25-22/h2,5-8,16,18-19H,3-4,9-15H2,1H3/t16-,18+,19-/m0/s1. The number of piperidine rings is 1. The molecule has 3 atom stereocenters. The van der Waals surface area contributed by atoms with Gasteiger partial charge in [0.25, 0.3) is 5.56 Å². The van der Waals surface area contributed by atoms with Gasteiger partial charge in [0.1, 0.15) is 0 Å². The van der Waals surface area contributed by atoms with Gasteiger partial charge in [0.05, 0.1) is 6.61 Å². The summed E-state index contributed by atoms with van der Waals surface area (Å²) in [6.45, 7) is 4.56. The number of pyridine rings is 2. The van der Waals surface area contributed by atoms with E-state index in [-0.39, 0.29) is 17.3 Å². The van der Waals surface area contributed by atoms with Gasteiger partial charge in [-0.1, -0.05) is 6.07 Å². The lowest BCUT2D eigenvalue weighted by Gasteiger charge is -2.43. The van der Waals surface area contributed by atoms with E-state index in [9.17, 15) is 9.18 Å². The predicted molar refractivity (Wildman–Crippen MR) is 113 cm³/mol. The van der Waals surface area contributed by atoms with Crippen LogP contribution in [0.5, 0.6) is 0 Å². The van der Waals surface area contributed by atoms with Crippen LogP contribution in [0.25, 0.3) is 0 Å². The molecule has 3 aliphatic rings. The van der Waals surface area contributed by atoms with Crippen LogP contribution in [0.1, 0.15) is 36.4 Å². The van der Waals surface area contributed by atoms with Gasteiger partial charge in [-0.15, -0.1) is 0 Å². The van der Waals surface area contributed by atoms with Crippen molar-refractivity contribution in [1.29, 1.82) is 0 Å². The number of likely N-dealkylation sites (tertiary alicyclic amines) is 1. The highest BCUT2D eigenvalue weighted by Crippen LogP contribution is 2.37. The van der Waals surface area contributed by atoms with Crippen LogP contribution in [0.3, 0.4) is 0 Å². The van der Waals surface area contributed by atoms with E-state index in [1.165, 1.54) is 6.07 Å². The second-order valence-electron chi connectivity index (χ2n) is 8.93. The monoisotopic (exact) mass is 412 g/mol. The van der Waals surface area contributed by atoms with Crippen molar-refractivity contribution in [2.45, 2.75) is 44.3 Å². The largest absolute Gasteiger partial charge is 0.383 e. The van der Waals surface area contributed by atoms with Crippen molar-refractivity contribution < 1.29 is 9.13 Å². The van der Waals surface area contributed by atoms with E-state index in [1.807, 2.05) is 10.6 Å². The number of anilines is 1. The first-order chi connectivity index (χ1) is 14.6. The fourth-order valence-corrected chi connectivity index (χ4v) is 5.60.